The summed E-state index contributed by atoms with van der Waals surface area (Å²) in [6, 6.07) is 6.67. The molecule has 2 rings (SSSR count). The molecule has 3 heteroatoms. The molecule has 98 valence electrons. The number of benzene rings is 1. The summed E-state index contributed by atoms with van der Waals surface area (Å²) in [4.78, 5) is 4.80. The lowest BCUT2D eigenvalue weighted by Crippen LogP contribution is -2.14. The maximum Gasteiger partial charge on any atom is 0.111 e. The first-order chi connectivity index (χ1) is 8.80. The van der Waals surface area contributed by atoms with E-state index in [0.717, 1.165) is 37.9 Å². The van der Waals surface area contributed by atoms with E-state index in [1.165, 1.54) is 16.9 Å². The second-order valence-corrected chi connectivity index (χ2v) is 4.71. The normalized spacial score (nSPS) is 11.3. The van der Waals surface area contributed by atoms with Gasteiger partial charge in [0.25, 0.3) is 0 Å². The molecular weight excluding hydrogens is 222 g/mol. The zero-order valence-electron chi connectivity index (χ0n) is 11.7. The Balaban J connectivity index is 2.44. The largest absolute Gasteiger partial charge is 0.328 e. The molecule has 0 spiro atoms. The van der Waals surface area contributed by atoms with Crippen LogP contribution in [0.5, 0.6) is 0 Å². The van der Waals surface area contributed by atoms with Crippen LogP contribution in [0.15, 0.2) is 18.2 Å². The van der Waals surface area contributed by atoms with Crippen LogP contribution in [0.1, 0.15) is 31.7 Å². The second-order valence-electron chi connectivity index (χ2n) is 4.71. The number of aromatic nitrogens is 2. The summed E-state index contributed by atoms with van der Waals surface area (Å²) >= 11 is 0. The maximum atomic E-state index is 4.80. The molecule has 0 aliphatic rings. The van der Waals surface area contributed by atoms with Crippen molar-refractivity contribution in [2.75, 3.05) is 13.6 Å². The number of imidazole rings is 1. The van der Waals surface area contributed by atoms with Crippen molar-refractivity contribution < 1.29 is 0 Å². The van der Waals surface area contributed by atoms with Crippen molar-refractivity contribution in [2.45, 2.75) is 39.7 Å². The highest BCUT2D eigenvalue weighted by atomic mass is 15.1. The van der Waals surface area contributed by atoms with Gasteiger partial charge >= 0.3 is 0 Å². The lowest BCUT2D eigenvalue weighted by molar-refractivity contribution is 0.638. The minimum atomic E-state index is 0.980. The molecule has 0 saturated carbocycles. The van der Waals surface area contributed by atoms with Gasteiger partial charge < -0.3 is 9.88 Å². The highest BCUT2D eigenvalue weighted by Crippen LogP contribution is 2.19. The topological polar surface area (TPSA) is 29.9 Å². The molecular formula is C15H23N3. The number of rotatable bonds is 6. The van der Waals surface area contributed by atoms with Crippen molar-refractivity contribution in [2.24, 2.45) is 0 Å². The molecule has 0 amide bonds. The van der Waals surface area contributed by atoms with E-state index in [4.69, 9.17) is 4.98 Å². The summed E-state index contributed by atoms with van der Waals surface area (Å²) in [7, 11) is 1.99. The van der Waals surface area contributed by atoms with E-state index in [2.05, 4.69) is 41.9 Å². The van der Waals surface area contributed by atoms with Crippen LogP contribution < -0.4 is 5.32 Å². The number of aryl methyl sites for hydroxylation is 2. The van der Waals surface area contributed by atoms with E-state index >= 15 is 0 Å². The van der Waals surface area contributed by atoms with Crippen LogP contribution in [0.3, 0.4) is 0 Å². The summed E-state index contributed by atoms with van der Waals surface area (Å²) < 4.78 is 2.37. The fraction of sp³-hybridized carbons (Fsp3) is 0.533. The van der Waals surface area contributed by atoms with Crippen molar-refractivity contribution in [3.63, 3.8) is 0 Å². The Kier molecular flexibility index (Phi) is 4.37. The molecule has 0 fully saturated rings. The van der Waals surface area contributed by atoms with Gasteiger partial charge in [-0.2, -0.15) is 0 Å². The lowest BCUT2D eigenvalue weighted by Gasteiger charge is -2.07. The van der Waals surface area contributed by atoms with Gasteiger partial charge in [0, 0.05) is 19.5 Å². The van der Waals surface area contributed by atoms with Crippen LogP contribution in [0.25, 0.3) is 11.0 Å². The van der Waals surface area contributed by atoms with E-state index in [0.29, 0.717) is 0 Å². The summed E-state index contributed by atoms with van der Waals surface area (Å²) in [5.41, 5.74) is 3.79. The van der Waals surface area contributed by atoms with E-state index in [-0.39, 0.29) is 0 Å². The quantitative estimate of drug-likeness (QED) is 0.848. The molecule has 0 atom stereocenters. The molecule has 3 nitrogen and oxygen atoms in total. The average molecular weight is 245 g/mol. The number of nitrogens with one attached hydrogen (secondary N) is 1. The third-order valence-corrected chi connectivity index (χ3v) is 3.35. The molecule has 2 aromatic rings. The van der Waals surface area contributed by atoms with Crippen molar-refractivity contribution in [3.8, 4) is 0 Å². The highest BCUT2D eigenvalue weighted by molar-refractivity contribution is 5.77. The third-order valence-electron chi connectivity index (χ3n) is 3.35. The Hall–Kier alpha value is -1.35. The molecule has 0 radical (unpaired) electrons. The van der Waals surface area contributed by atoms with Gasteiger partial charge in [0.1, 0.15) is 5.82 Å². The SMILES string of the molecule is CCCn1c(CCNC)nc2cc(CC)ccc21. The van der Waals surface area contributed by atoms with Gasteiger partial charge in [0.2, 0.25) is 0 Å². The second kappa shape index (κ2) is 6.01. The molecule has 1 heterocycles. The number of likely N-dealkylation sites (N-methyl/N-ethyl adjacent to an activating group) is 1. The van der Waals surface area contributed by atoms with Gasteiger partial charge in [-0.05, 0) is 37.6 Å². The van der Waals surface area contributed by atoms with E-state index in [1.54, 1.807) is 0 Å². The zero-order valence-corrected chi connectivity index (χ0v) is 11.7. The van der Waals surface area contributed by atoms with Crippen LogP contribution in [0.2, 0.25) is 0 Å². The minimum absolute atomic E-state index is 0.980. The summed E-state index contributed by atoms with van der Waals surface area (Å²) in [5.74, 6) is 1.20. The zero-order chi connectivity index (χ0) is 13.0. The molecule has 0 saturated heterocycles. The van der Waals surface area contributed by atoms with Crippen LogP contribution in [-0.2, 0) is 19.4 Å². The molecule has 0 bridgehead atoms. The van der Waals surface area contributed by atoms with Crippen LogP contribution in [0, 0.1) is 0 Å². The standard InChI is InChI=1S/C15H23N3/c1-4-10-18-14-7-6-12(5-2)11-13(14)17-15(18)8-9-16-3/h6-7,11,16H,4-5,8-10H2,1-3H3. The van der Waals surface area contributed by atoms with Gasteiger partial charge in [-0.1, -0.05) is 19.9 Å². The van der Waals surface area contributed by atoms with Gasteiger partial charge in [0.15, 0.2) is 0 Å². The Bertz CT molecular complexity index is 514. The smallest absolute Gasteiger partial charge is 0.111 e. The lowest BCUT2D eigenvalue weighted by atomic mass is 10.1. The Morgan fingerprint density at radius 1 is 1.28 bits per heavy atom. The molecule has 0 aliphatic carbocycles. The molecule has 0 aliphatic heterocycles. The molecule has 0 unspecified atom stereocenters. The highest BCUT2D eigenvalue weighted by Gasteiger charge is 2.09. The number of nitrogens with zero attached hydrogens (tertiary/aromatic N) is 2. The monoisotopic (exact) mass is 245 g/mol. The van der Waals surface area contributed by atoms with E-state index in [1.807, 2.05) is 7.05 Å². The molecule has 1 aromatic carbocycles. The first-order valence-electron chi connectivity index (χ1n) is 6.92. The van der Waals surface area contributed by atoms with Crippen LogP contribution in [0.4, 0.5) is 0 Å². The van der Waals surface area contributed by atoms with Crippen molar-refractivity contribution in [3.05, 3.63) is 29.6 Å². The van der Waals surface area contributed by atoms with Crippen molar-refractivity contribution in [1.82, 2.24) is 14.9 Å². The fourth-order valence-corrected chi connectivity index (χ4v) is 2.35. The minimum Gasteiger partial charge on any atom is -0.328 e. The number of fused-ring (bicyclic) bond motifs is 1. The number of hydrogen-bond acceptors (Lipinski definition) is 2. The van der Waals surface area contributed by atoms with Crippen LogP contribution >= 0.6 is 0 Å². The Morgan fingerprint density at radius 3 is 2.78 bits per heavy atom. The van der Waals surface area contributed by atoms with E-state index in [9.17, 15) is 0 Å². The molecule has 18 heavy (non-hydrogen) atoms. The predicted octanol–water partition coefficient (Wildman–Crippen LogP) is 2.77. The Labute approximate surface area is 109 Å². The van der Waals surface area contributed by atoms with Gasteiger partial charge in [-0.15, -0.1) is 0 Å². The first kappa shape index (κ1) is 13.1. The third kappa shape index (κ3) is 2.56. The van der Waals surface area contributed by atoms with E-state index < -0.39 is 0 Å². The van der Waals surface area contributed by atoms with Crippen LogP contribution in [-0.4, -0.2) is 23.1 Å². The van der Waals surface area contributed by atoms with Gasteiger partial charge in [0.05, 0.1) is 11.0 Å². The fourth-order valence-electron chi connectivity index (χ4n) is 2.35. The predicted molar refractivity (Wildman–Crippen MR) is 77.0 cm³/mol. The van der Waals surface area contributed by atoms with Crippen molar-refractivity contribution >= 4 is 11.0 Å². The average Bonchev–Trinajstić information content (AvgIpc) is 2.74. The molecule has 1 aromatic heterocycles. The van der Waals surface area contributed by atoms with Crippen molar-refractivity contribution in [1.29, 1.82) is 0 Å². The number of hydrogen-bond donors (Lipinski definition) is 1. The molecule has 1 N–H and O–H groups in total. The first-order valence-corrected chi connectivity index (χ1v) is 6.92. The summed E-state index contributed by atoms with van der Waals surface area (Å²) in [6.07, 6.45) is 3.21. The Morgan fingerprint density at radius 2 is 2.11 bits per heavy atom. The summed E-state index contributed by atoms with van der Waals surface area (Å²) in [5, 5.41) is 3.20. The maximum absolute atomic E-state index is 4.80. The summed E-state index contributed by atoms with van der Waals surface area (Å²) in [6.45, 7) is 6.44. The van der Waals surface area contributed by atoms with Gasteiger partial charge in [-0.3, -0.25) is 0 Å². The van der Waals surface area contributed by atoms with Gasteiger partial charge in [-0.25, -0.2) is 4.98 Å².